The van der Waals surface area contributed by atoms with E-state index in [0.29, 0.717) is 5.56 Å². The van der Waals surface area contributed by atoms with Crippen LogP contribution < -0.4 is 10.6 Å². The largest absolute Gasteiger partial charge is 0.320 e. The summed E-state index contributed by atoms with van der Waals surface area (Å²) in [6.45, 7) is 0.231. The van der Waals surface area contributed by atoms with Crippen molar-refractivity contribution in [2.45, 2.75) is 0 Å². The summed E-state index contributed by atoms with van der Waals surface area (Å²) in [5.74, 6) is 4.87. The van der Waals surface area contributed by atoms with Gasteiger partial charge < -0.3 is 5.73 Å². The van der Waals surface area contributed by atoms with Crippen LogP contribution in [0.3, 0.4) is 0 Å². The Morgan fingerprint density at radius 2 is 2.00 bits per heavy atom. The molecule has 0 radical (unpaired) electrons. The van der Waals surface area contributed by atoms with E-state index in [1.807, 2.05) is 0 Å². The van der Waals surface area contributed by atoms with Crippen LogP contribution >= 0.6 is 0 Å². The van der Waals surface area contributed by atoms with Gasteiger partial charge in [-0.2, -0.15) is 0 Å². The molecule has 3 rings (SSSR count). The highest BCUT2D eigenvalue weighted by atomic mass is 16.2. The summed E-state index contributed by atoms with van der Waals surface area (Å²) < 4.78 is 0. The topological polar surface area (TPSA) is 89.2 Å². The molecule has 3 heterocycles. The highest BCUT2D eigenvalue weighted by molar-refractivity contribution is 6.33. The molecule has 0 fully saturated rings. The molecule has 102 valence electrons. The Kier molecular flexibility index (Phi) is 3.18. The van der Waals surface area contributed by atoms with Gasteiger partial charge in [-0.15, -0.1) is 0 Å². The quantitative estimate of drug-likeness (QED) is 0.609. The van der Waals surface area contributed by atoms with E-state index < -0.39 is 11.8 Å². The molecule has 2 N–H and O–H groups in total. The minimum Gasteiger partial charge on any atom is -0.320 e. The summed E-state index contributed by atoms with van der Waals surface area (Å²) in [5, 5.41) is 0. The van der Waals surface area contributed by atoms with E-state index in [1.165, 1.54) is 12.4 Å². The number of hydrogen-bond acceptors (Lipinski definition) is 5. The summed E-state index contributed by atoms with van der Waals surface area (Å²) in [5.41, 5.74) is 6.38. The van der Waals surface area contributed by atoms with Gasteiger partial charge in [-0.1, -0.05) is 11.8 Å². The summed E-state index contributed by atoms with van der Waals surface area (Å²) in [6.07, 6.45) is 2.97. The molecule has 0 bridgehead atoms. The number of pyridine rings is 2. The fraction of sp³-hybridized carbons (Fsp3) is 0.0667. The molecular weight excluding hydrogens is 268 g/mol. The van der Waals surface area contributed by atoms with Gasteiger partial charge >= 0.3 is 0 Å². The van der Waals surface area contributed by atoms with Crippen molar-refractivity contribution >= 4 is 17.6 Å². The van der Waals surface area contributed by atoms with E-state index in [1.54, 1.807) is 24.3 Å². The maximum atomic E-state index is 12.3. The number of aromatic nitrogens is 2. The number of nitrogens with two attached hydrogens (primary N) is 1. The number of hydrogen-bond donors (Lipinski definition) is 1. The Labute approximate surface area is 120 Å². The molecule has 6 heteroatoms. The normalized spacial score (nSPS) is 12.9. The Morgan fingerprint density at radius 1 is 1.14 bits per heavy atom. The van der Waals surface area contributed by atoms with E-state index in [0.717, 1.165) is 4.90 Å². The molecule has 0 saturated heterocycles. The van der Waals surface area contributed by atoms with Gasteiger partial charge in [0.1, 0.15) is 11.5 Å². The Hall–Kier alpha value is -3.04. The number of anilines is 1. The first kappa shape index (κ1) is 13.0. The molecular formula is C15H10N4O2. The second kappa shape index (κ2) is 5.15. The van der Waals surface area contributed by atoms with Crippen LogP contribution in [0.4, 0.5) is 5.82 Å². The number of nitrogens with zero attached hydrogens (tertiary/aromatic N) is 3. The number of imide groups is 1. The van der Waals surface area contributed by atoms with Gasteiger partial charge in [0.15, 0.2) is 0 Å². The average molecular weight is 278 g/mol. The van der Waals surface area contributed by atoms with E-state index in [-0.39, 0.29) is 23.6 Å². The Bertz CT molecular complexity index is 770. The Morgan fingerprint density at radius 3 is 2.76 bits per heavy atom. The van der Waals surface area contributed by atoms with Crippen molar-refractivity contribution in [3.05, 3.63) is 53.5 Å². The lowest BCUT2D eigenvalue weighted by Crippen LogP contribution is -2.30. The van der Waals surface area contributed by atoms with Crippen LogP contribution in [0.5, 0.6) is 0 Å². The van der Waals surface area contributed by atoms with Crippen LogP contribution in [0.2, 0.25) is 0 Å². The first-order valence-electron chi connectivity index (χ1n) is 6.21. The zero-order chi connectivity index (χ0) is 14.8. The number of rotatable bonds is 1. The third kappa shape index (κ3) is 2.16. The second-order valence-electron chi connectivity index (χ2n) is 4.25. The number of fused-ring (bicyclic) bond motifs is 1. The Balaban J connectivity index is 2.03. The zero-order valence-electron chi connectivity index (χ0n) is 10.9. The number of carbonyl (C=O) groups excluding carboxylic acids is 2. The molecule has 0 unspecified atom stereocenters. The van der Waals surface area contributed by atoms with Crippen molar-refractivity contribution in [3.8, 4) is 11.8 Å². The highest BCUT2D eigenvalue weighted by Crippen LogP contribution is 2.25. The molecule has 2 aromatic heterocycles. The molecule has 0 aliphatic carbocycles. The van der Waals surface area contributed by atoms with Gasteiger partial charge in [0.05, 0.1) is 12.1 Å². The third-order valence-corrected chi connectivity index (χ3v) is 2.96. The SMILES string of the molecule is NCC#Cc1ccnc(N2C(=O)c3cccnc3C2=O)c1. The summed E-state index contributed by atoms with van der Waals surface area (Å²) in [6, 6.07) is 6.44. The highest BCUT2D eigenvalue weighted by Gasteiger charge is 2.38. The van der Waals surface area contributed by atoms with Crippen LogP contribution in [0, 0.1) is 11.8 Å². The molecule has 2 amide bonds. The minimum absolute atomic E-state index is 0.141. The van der Waals surface area contributed by atoms with Gasteiger partial charge in [0, 0.05) is 18.0 Å². The zero-order valence-corrected chi connectivity index (χ0v) is 10.9. The lowest BCUT2D eigenvalue weighted by Gasteiger charge is -2.12. The predicted octanol–water partition coefficient (Wildman–Crippen LogP) is 0.587. The maximum absolute atomic E-state index is 12.3. The van der Waals surface area contributed by atoms with Crippen LogP contribution in [0.1, 0.15) is 26.4 Å². The van der Waals surface area contributed by atoms with Crippen LogP contribution in [-0.4, -0.2) is 28.3 Å². The van der Waals surface area contributed by atoms with Gasteiger partial charge in [-0.25, -0.2) is 9.88 Å². The minimum atomic E-state index is -0.480. The molecule has 2 aromatic rings. The van der Waals surface area contributed by atoms with Crippen molar-refractivity contribution < 1.29 is 9.59 Å². The van der Waals surface area contributed by atoms with Gasteiger partial charge in [-0.05, 0) is 24.3 Å². The molecule has 1 aliphatic heterocycles. The second-order valence-corrected chi connectivity index (χ2v) is 4.25. The molecule has 0 atom stereocenters. The standard InChI is InChI=1S/C15H10N4O2/c16-6-1-3-10-5-8-17-12(9-10)19-14(20)11-4-2-7-18-13(11)15(19)21/h2,4-5,7-9H,6,16H2. The number of carbonyl (C=O) groups is 2. The predicted molar refractivity (Wildman–Crippen MR) is 75.5 cm³/mol. The van der Waals surface area contributed by atoms with Crippen molar-refractivity contribution in [3.63, 3.8) is 0 Å². The molecule has 6 nitrogen and oxygen atoms in total. The van der Waals surface area contributed by atoms with E-state index >= 15 is 0 Å². The first-order valence-corrected chi connectivity index (χ1v) is 6.21. The van der Waals surface area contributed by atoms with Gasteiger partial charge in [-0.3, -0.25) is 14.6 Å². The van der Waals surface area contributed by atoms with E-state index in [2.05, 4.69) is 21.8 Å². The van der Waals surface area contributed by atoms with Gasteiger partial charge in [0.25, 0.3) is 11.8 Å². The smallest absolute Gasteiger partial charge is 0.285 e. The summed E-state index contributed by atoms with van der Waals surface area (Å²) >= 11 is 0. The maximum Gasteiger partial charge on any atom is 0.285 e. The molecule has 0 aromatic carbocycles. The molecule has 1 aliphatic rings. The van der Waals surface area contributed by atoms with Crippen LogP contribution in [0.15, 0.2) is 36.7 Å². The van der Waals surface area contributed by atoms with Crippen molar-refractivity contribution in [2.75, 3.05) is 11.4 Å². The summed E-state index contributed by atoms with van der Waals surface area (Å²) in [7, 11) is 0. The first-order chi connectivity index (χ1) is 10.2. The number of amides is 2. The monoisotopic (exact) mass is 278 g/mol. The summed E-state index contributed by atoms with van der Waals surface area (Å²) in [4.78, 5) is 33.6. The van der Waals surface area contributed by atoms with Crippen LogP contribution in [-0.2, 0) is 0 Å². The van der Waals surface area contributed by atoms with Crippen molar-refractivity contribution in [1.29, 1.82) is 0 Å². The average Bonchev–Trinajstić information content (AvgIpc) is 2.78. The van der Waals surface area contributed by atoms with Crippen LogP contribution in [0.25, 0.3) is 0 Å². The lowest BCUT2D eigenvalue weighted by molar-refractivity contribution is 0.0923. The molecule has 0 saturated carbocycles. The lowest BCUT2D eigenvalue weighted by atomic mass is 10.2. The van der Waals surface area contributed by atoms with Crippen molar-refractivity contribution in [2.24, 2.45) is 5.73 Å². The van der Waals surface area contributed by atoms with E-state index in [9.17, 15) is 9.59 Å². The molecule has 0 spiro atoms. The van der Waals surface area contributed by atoms with Gasteiger partial charge in [0.2, 0.25) is 0 Å². The molecule has 21 heavy (non-hydrogen) atoms. The fourth-order valence-corrected chi connectivity index (χ4v) is 2.05. The fourth-order valence-electron chi connectivity index (χ4n) is 2.05. The van der Waals surface area contributed by atoms with Crippen molar-refractivity contribution in [1.82, 2.24) is 9.97 Å². The third-order valence-electron chi connectivity index (χ3n) is 2.96. The van der Waals surface area contributed by atoms with E-state index in [4.69, 9.17) is 5.73 Å².